The predicted molar refractivity (Wildman–Crippen MR) is 64.1 cm³/mol. The van der Waals surface area contributed by atoms with Crippen LogP contribution in [0.4, 0.5) is 0 Å². The van der Waals surface area contributed by atoms with E-state index in [2.05, 4.69) is 10.6 Å². The monoisotopic (exact) mass is 232 g/mol. The van der Waals surface area contributed by atoms with Gasteiger partial charge in [-0.15, -0.1) is 0 Å². The van der Waals surface area contributed by atoms with Gasteiger partial charge < -0.3 is 10.6 Å². The summed E-state index contributed by atoms with van der Waals surface area (Å²) in [4.78, 5) is 22.9. The molecule has 2 N–H and O–H groups in total. The smallest absolute Gasteiger partial charge is 0.225 e. The third kappa shape index (κ3) is 2.84. The quantitative estimate of drug-likeness (QED) is 0.816. The Morgan fingerprint density at radius 2 is 2.12 bits per heavy atom. The van der Waals surface area contributed by atoms with Crippen molar-refractivity contribution in [1.82, 2.24) is 10.6 Å². The summed E-state index contributed by atoms with van der Waals surface area (Å²) in [6.45, 7) is 2.39. The minimum Gasteiger partial charge on any atom is -0.355 e. The Kier molecular flexibility index (Phi) is 3.42. The Labute approximate surface area is 100 Å². The molecule has 0 saturated carbocycles. The first kappa shape index (κ1) is 11.6. The van der Waals surface area contributed by atoms with Crippen LogP contribution < -0.4 is 10.6 Å². The summed E-state index contributed by atoms with van der Waals surface area (Å²) in [6.07, 6.45) is 0.299. The van der Waals surface area contributed by atoms with E-state index in [0.717, 1.165) is 5.56 Å². The maximum absolute atomic E-state index is 11.9. The van der Waals surface area contributed by atoms with E-state index >= 15 is 0 Å². The van der Waals surface area contributed by atoms with E-state index in [9.17, 15) is 9.59 Å². The van der Waals surface area contributed by atoms with Crippen LogP contribution in [-0.2, 0) is 9.59 Å². The van der Waals surface area contributed by atoms with Crippen LogP contribution >= 0.6 is 0 Å². The molecular weight excluding hydrogens is 216 g/mol. The van der Waals surface area contributed by atoms with Gasteiger partial charge in [0.25, 0.3) is 0 Å². The van der Waals surface area contributed by atoms with Crippen molar-refractivity contribution in [2.24, 2.45) is 5.92 Å². The lowest BCUT2D eigenvalue weighted by Crippen LogP contribution is -2.33. The predicted octanol–water partition coefficient (Wildman–Crippen LogP) is 1.000. The average Bonchev–Trinajstić information content (AvgIpc) is 2.77. The molecule has 4 heteroatoms. The molecule has 0 aromatic heterocycles. The fraction of sp³-hybridized carbons (Fsp3) is 0.385. The highest BCUT2D eigenvalue weighted by molar-refractivity contribution is 5.89. The van der Waals surface area contributed by atoms with Gasteiger partial charge in [-0.05, 0) is 12.5 Å². The fourth-order valence-electron chi connectivity index (χ4n) is 1.95. The normalized spacial score (nSPS) is 20.8. The lowest BCUT2D eigenvalue weighted by molar-refractivity contribution is -0.127. The first-order valence-corrected chi connectivity index (χ1v) is 5.79. The van der Waals surface area contributed by atoms with E-state index in [1.165, 1.54) is 0 Å². The molecule has 0 radical (unpaired) electrons. The minimum absolute atomic E-state index is 0.0283. The average molecular weight is 232 g/mol. The van der Waals surface area contributed by atoms with Gasteiger partial charge in [-0.25, -0.2) is 0 Å². The van der Waals surface area contributed by atoms with E-state index in [1.807, 2.05) is 37.3 Å². The van der Waals surface area contributed by atoms with Gasteiger partial charge >= 0.3 is 0 Å². The van der Waals surface area contributed by atoms with Gasteiger partial charge in [-0.1, -0.05) is 30.3 Å². The largest absolute Gasteiger partial charge is 0.355 e. The number of carbonyl (C=O) groups excluding carboxylic acids is 2. The van der Waals surface area contributed by atoms with Crippen LogP contribution in [0.25, 0.3) is 0 Å². The molecule has 0 bridgehead atoms. The number of hydrogen-bond donors (Lipinski definition) is 2. The second-order valence-corrected chi connectivity index (χ2v) is 4.35. The first-order valence-electron chi connectivity index (χ1n) is 5.79. The van der Waals surface area contributed by atoms with Crippen molar-refractivity contribution in [2.75, 3.05) is 6.54 Å². The van der Waals surface area contributed by atoms with Crippen molar-refractivity contribution in [3.63, 3.8) is 0 Å². The highest BCUT2D eigenvalue weighted by Crippen LogP contribution is 2.14. The lowest BCUT2D eigenvalue weighted by Gasteiger charge is -2.16. The van der Waals surface area contributed by atoms with Gasteiger partial charge in [0.05, 0.1) is 12.0 Å². The second kappa shape index (κ2) is 4.99. The van der Waals surface area contributed by atoms with Crippen LogP contribution in [0.2, 0.25) is 0 Å². The maximum Gasteiger partial charge on any atom is 0.225 e. The Morgan fingerprint density at radius 1 is 1.41 bits per heavy atom. The standard InChI is InChI=1S/C13H16N2O2/c1-9(10-5-3-2-4-6-10)15-13(17)11-7-12(16)14-8-11/h2-6,9,11H,7-8H2,1H3,(H,14,16)(H,15,17). The first-order chi connectivity index (χ1) is 8.16. The molecule has 1 heterocycles. The molecule has 2 atom stereocenters. The fourth-order valence-corrected chi connectivity index (χ4v) is 1.95. The SMILES string of the molecule is CC(NC(=O)C1CNC(=O)C1)c1ccccc1. The molecule has 1 saturated heterocycles. The molecule has 1 aromatic carbocycles. The Hall–Kier alpha value is -1.84. The Morgan fingerprint density at radius 3 is 2.71 bits per heavy atom. The van der Waals surface area contributed by atoms with Crippen molar-refractivity contribution >= 4 is 11.8 Å². The Bertz CT molecular complexity index is 417. The molecule has 17 heavy (non-hydrogen) atoms. The Balaban J connectivity index is 1.93. The molecule has 4 nitrogen and oxygen atoms in total. The topological polar surface area (TPSA) is 58.2 Å². The number of rotatable bonds is 3. The van der Waals surface area contributed by atoms with Crippen LogP contribution in [0.1, 0.15) is 24.9 Å². The zero-order valence-electron chi connectivity index (χ0n) is 9.77. The van der Waals surface area contributed by atoms with E-state index in [4.69, 9.17) is 0 Å². The molecule has 2 amide bonds. The minimum atomic E-state index is -0.228. The zero-order chi connectivity index (χ0) is 12.3. The third-order valence-corrected chi connectivity index (χ3v) is 3.01. The van der Waals surface area contributed by atoms with Crippen LogP contribution in [0.5, 0.6) is 0 Å². The summed E-state index contributed by atoms with van der Waals surface area (Å²) in [5.74, 6) is -0.328. The number of hydrogen-bond acceptors (Lipinski definition) is 2. The number of benzene rings is 1. The van der Waals surface area contributed by atoms with E-state index < -0.39 is 0 Å². The number of carbonyl (C=O) groups is 2. The van der Waals surface area contributed by atoms with E-state index in [0.29, 0.717) is 13.0 Å². The van der Waals surface area contributed by atoms with Crippen LogP contribution in [-0.4, -0.2) is 18.4 Å². The third-order valence-electron chi connectivity index (χ3n) is 3.01. The molecule has 1 aliphatic heterocycles. The van der Waals surface area contributed by atoms with Gasteiger partial charge in [0.15, 0.2) is 0 Å². The maximum atomic E-state index is 11.9. The molecule has 0 aliphatic carbocycles. The lowest BCUT2D eigenvalue weighted by atomic mass is 10.1. The molecular formula is C13H16N2O2. The van der Waals surface area contributed by atoms with Gasteiger partial charge in [0.2, 0.25) is 11.8 Å². The van der Waals surface area contributed by atoms with Crippen molar-refractivity contribution in [3.8, 4) is 0 Å². The molecule has 0 spiro atoms. The molecule has 1 fully saturated rings. The van der Waals surface area contributed by atoms with Crippen LogP contribution in [0.3, 0.4) is 0 Å². The molecule has 2 rings (SSSR count). The number of amides is 2. The van der Waals surface area contributed by atoms with Gasteiger partial charge in [0.1, 0.15) is 0 Å². The molecule has 1 aliphatic rings. The van der Waals surface area contributed by atoms with Gasteiger partial charge in [0, 0.05) is 13.0 Å². The van der Waals surface area contributed by atoms with Crippen molar-refractivity contribution in [3.05, 3.63) is 35.9 Å². The molecule has 2 unspecified atom stereocenters. The van der Waals surface area contributed by atoms with Gasteiger partial charge in [-0.3, -0.25) is 9.59 Å². The summed E-state index contributed by atoms with van der Waals surface area (Å²) in [5.41, 5.74) is 1.07. The summed E-state index contributed by atoms with van der Waals surface area (Å²) in [5, 5.41) is 5.59. The molecule has 90 valence electrons. The summed E-state index contributed by atoms with van der Waals surface area (Å²) >= 11 is 0. The molecule has 1 aromatic rings. The van der Waals surface area contributed by atoms with Gasteiger partial charge in [-0.2, -0.15) is 0 Å². The highest BCUT2D eigenvalue weighted by atomic mass is 16.2. The van der Waals surface area contributed by atoms with Crippen LogP contribution in [0.15, 0.2) is 30.3 Å². The second-order valence-electron chi connectivity index (χ2n) is 4.35. The summed E-state index contributed by atoms with van der Waals surface area (Å²) < 4.78 is 0. The highest BCUT2D eigenvalue weighted by Gasteiger charge is 2.28. The van der Waals surface area contributed by atoms with Crippen molar-refractivity contribution in [2.45, 2.75) is 19.4 Å². The van der Waals surface area contributed by atoms with Crippen molar-refractivity contribution in [1.29, 1.82) is 0 Å². The zero-order valence-corrected chi connectivity index (χ0v) is 9.77. The van der Waals surface area contributed by atoms with Crippen LogP contribution in [0, 0.1) is 5.92 Å². The van der Waals surface area contributed by atoms with Crippen molar-refractivity contribution < 1.29 is 9.59 Å². The number of nitrogens with one attached hydrogen (secondary N) is 2. The van der Waals surface area contributed by atoms with E-state index in [-0.39, 0.29) is 23.8 Å². The summed E-state index contributed by atoms with van der Waals surface area (Å²) in [6, 6.07) is 9.75. The summed E-state index contributed by atoms with van der Waals surface area (Å²) in [7, 11) is 0. The van der Waals surface area contributed by atoms with E-state index in [1.54, 1.807) is 0 Å².